The molecular formula is C23H18N2O2. The van der Waals surface area contributed by atoms with Gasteiger partial charge in [0.05, 0.1) is 0 Å². The monoisotopic (exact) mass is 354 g/mol. The van der Waals surface area contributed by atoms with Crippen LogP contribution in [0.3, 0.4) is 0 Å². The lowest BCUT2D eigenvalue weighted by Gasteiger charge is -2.29. The largest absolute Gasteiger partial charge is 0.436 e. The predicted molar refractivity (Wildman–Crippen MR) is 103 cm³/mol. The molecule has 1 amide bonds. The summed E-state index contributed by atoms with van der Waals surface area (Å²) < 4.78 is 5.66. The molecule has 27 heavy (non-hydrogen) atoms. The van der Waals surface area contributed by atoms with E-state index in [2.05, 4.69) is 22.1 Å². The minimum absolute atomic E-state index is 0.349. The van der Waals surface area contributed by atoms with Gasteiger partial charge in [-0.25, -0.2) is 4.79 Å². The van der Waals surface area contributed by atoms with Crippen molar-refractivity contribution in [1.29, 1.82) is 0 Å². The molecule has 4 nitrogen and oxygen atoms in total. The summed E-state index contributed by atoms with van der Waals surface area (Å²) in [4.78, 5) is 16.3. The molecule has 4 heteroatoms. The van der Waals surface area contributed by atoms with Gasteiger partial charge in [0, 0.05) is 23.5 Å². The van der Waals surface area contributed by atoms with E-state index in [1.165, 1.54) is 0 Å². The SMILES string of the molecule is C[C@@]1(c2ccccc2)OC(=O)N[C@H]1c1cncc(C#Cc2ccccc2)c1. The Balaban J connectivity index is 1.69. The fourth-order valence-electron chi connectivity index (χ4n) is 3.28. The van der Waals surface area contributed by atoms with Crippen LogP contribution in [0, 0.1) is 11.8 Å². The van der Waals surface area contributed by atoms with E-state index in [1.54, 1.807) is 12.4 Å². The summed E-state index contributed by atoms with van der Waals surface area (Å²) in [6.45, 7) is 1.91. The van der Waals surface area contributed by atoms with Crippen molar-refractivity contribution in [3.05, 3.63) is 101 Å². The molecule has 1 aliphatic rings. The number of rotatable bonds is 2. The lowest BCUT2D eigenvalue weighted by molar-refractivity contribution is 0.0494. The maximum absolute atomic E-state index is 12.0. The van der Waals surface area contributed by atoms with E-state index in [4.69, 9.17) is 4.74 Å². The number of aromatic nitrogens is 1. The topological polar surface area (TPSA) is 51.2 Å². The smallest absolute Gasteiger partial charge is 0.408 e. The van der Waals surface area contributed by atoms with Crippen LogP contribution in [0.25, 0.3) is 0 Å². The number of hydrogen-bond acceptors (Lipinski definition) is 3. The molecule has 1 fully saturated rings. The number of carbonyl (C=O) groups excluding carboxylic acids is 1. The highest BCUT2D eigenvalue weighted by molar-refractivity contribution is 5.72. The molecule has 2 atom stereocenters. The summed E-state index contributed by atoms with van der Waals surface area (Å²) in [5.74, 6) is 6.27. The molecule has 0 saturated carbocycles. The first-order chi connectivity index (χ1) is 13.1. The zero-order valence-electron chi connectivity index (χ0n) is 14.8. The maximum Gasteiger partial charge on any atom is 0.408 e. The van der Waals surface area contributed by atoms with Crippen LogP contribution in [0.1, 0.15) is 35.2 Å². The Labute approximate surface area is 158 Å². The Morgan fingerprint density at radius 1 is 0.963 bits per heavy atom. The number of ether oxygens (including phenoxy) is 1. The summed E-state index contributed by atoms with van der Waals surface area (Å²) in [6.07, 6.45) is 3.03. The van der Waals surface area contributed by atoms with Gasteiger partial charge in [-0.3, -0.25) is 4.98 Å². The second-order valence-corrected chi connectivity index (χ2v) is 6.56. The van der Waals surface area contributed by atoms with Crippen LogP contribution >= 0.6 is 0 Å². The van der Waals surface area contributed by atoms with Gasteiger partial charge in [0.25, 0.3) is 0 Å². The van der Waals surface area contributed by atoms with E-state index < -0.39 is 11.7 Å². The third-order valence-corrected chi connectivity index (χ3v) is 4.68. The first-order valence-electron chi connectivity index (χ1n) is 8.72. The Bertz CT molecular complexity index is 1020. The van der Waals surface area contributed by atoms with E-state index in [9.17, 15) is 4.79 Å². The lowest BCUT2D eigenvalue weighted by Crippen LogP contribution is -2.31. The van der Waals surface area contributed by atoms with E-state index in [0.29, 0.717) is 0 Å². The second kappa shape index (κ2) is 6.97. The van der Waals surface area contributed by atoms with Gasteiger partial charge in [-0.15, -0.1) is 0 Å². The van der Waals surface area contributed by atoms with E-state index in [0.717, 1.165) is 22.3 Å². The molecule has 0 radical (unpaired) electrons. The highest BCUT2D eigenvalue weighted by Gasteiger charge is 2.47. The Morgan fingerprint density at radius 2 is 1.63 bits per heavy atom. The van der Waals surface area contributed by atoms with Gasteiger partial charge in [0.1, 0.15) is 6.04 Å². The molecule has 2 aromatic carbocycles. The minimum Gasteiger partial charge on any atom is -0.436 e. The lowest BCUT2D eigenvalue weighted by atomic mass is 9.85. The number of carbonyl (C=O) groups is 1. The average molecular weight is 354 g/mol. The number of pyridine rings is 1. The van der Waals surface area contributed by atoms with Crippen molar-refractivity contribution in [3.63, 3.8) is 0 Å². The molecule has 1 saturated heterocycles. The highest BCUT2D eigenvalue weighted by atomic mass is 16.6. The van der Waals surface area contributed by atoms with Crippen molar-refractivity contribution in [1.82, 2.24) is 10.3 Å². The Hall–Kier alpha value is -3.58. The Morgan fingerprint density at radius 3 is 2.37 bits per heavy atom. The minimum atomic E-state index is -0.814. The van der Waals surface area contributed by atoms with Crippen molar-refractivity contribution >= 4 is 6.09 Å². The van der Waals surface area contributed by atoms with Gasteiger partial charge >= 0.3 is 6.09 Å². The van der Waals surface area contributed by atoms with E-state index in [-0.39, 0.29) is 6.04 Å². The van der Waals surface area contributed by atoms with Gasteiger partial charge in [-0.1, -0.05) is 60.4 Å². The van der Waals surface area contributed by atoms with Crippen molar-refractivity contribution in [3.8, 4) is 11.8 Å². The number of nitrogens with one attached hydrogen (secondary N) is 1. The maximum atomic E-state index is 12.0. The summed E-state index contributed by atoms with van der Waals surface area (Å²) >= 11 is 0. The summed E-state index contributed by atoms with van der Waals surface area (Å²) in [5.41, 5.74) is 2.69. The van der Waals surface area contributed by atoms with Gasteiger partial charge < -0.3 is 10.1 Å². The molecule has 0 unspecified atom stereocenters. The third kappa shape index (κ3) is 3.40. The molecule has 1 aromatic heterocycles. The number of cyclic esters (lactones) is 1. The quantitative estimate of drug-likeness (QED) is 0.703. The predicted octanol–water partition coefficient (Wildman–Crippen LogP) is 4.18. The second-order valence-electron chi connectivity index (χ2n) is 6.56. The van der Waals surface area contributed by atoms with Gasteiger partial charge in [-0.05, 0) is 36.2 Å². The number of hydrogen-bond donors (Lipinski definition) is 1. The Kier molecular flexibility index (Phi) is 4.35. The fraction of sp³-hybridized carbons (Fsp3) is 0.130. The van der Waals surface area contributed by atoms with E-state index >= 15 is 0 Å². The number of alkyl carbamates (subject to hydrolysis) is 1. The van der Waals surface area contributed by atoms with Crippen molar-refractivity contribution in [2.75, 3.05) is 0 Å². The molecule has 0 spiro atoms. The molecule has 2 heterocycles. The third-order valence-electron chi connectivity index (χ3n) is 4.68. The van der Waals surface area contributed by atoms with Crippen molar-refractivity contribution < 1.29 is 9.53 Å². The van der Waals surface area contributed by atoms with Crippen LogP contribution in [-0.2, 0) is 10.3 Å². The molecule has 1 N–H and O–H groups in total. The van der Waals surface area contributed by atoms with Crippen LogP contribution in [0.15, 0.2) is 79.1 Å². The fourth-order valence-corrected chi connectivity index (χ4v) is 3.28. The molecular weight excluding hydrogens is 336 g/mol. The molecule has 4 rings (SSSR count). The number of amides is 1. The number of nitrogens with zero attached hydrogens (tertiary/aromatic N) is 1. The molecule has 0 aliphatic carbocycles. The van der Waals surface area contributed by atoms with E-state index in [1.807, 2.05) is 73.7 Å². The standard InChI is InChI=1S/C23H18N2O2/c1-23(20-10-6-3-7-11-20)21(25-22(26)27-23)19-14-18(15-24-16-19)13-12-17-8-4-2-5-9-17/h2-11,14-16,21H,1H3,(H,25,26)/t21-,23-/m0/s1. The van der Waals surface area contributed by atoms with Crippen LogP contribution in [0.2, 0.25) is 0 Å². The summed E-state index contributed by atoms with van der Waals surface area (Å²) in [5, 5.41) is 2.91. The summed E-state index contributed by atoms with van der Waals surface area (Å²) in [7, 11) is 0. The first-order valence-corrected chi connectivity index (χ1v) is 8.72. The molecule has 132 valence electrons. The van der Waals surface area contributed by atoms with Crippen LogP contribution < -0.4 is 5.32 Å². The summed E-state index contributed by atoms with van der Waals surface area (Å²) in [6, 6.07) is 21.1. The van der Waals surface area contributed by atoms with Crippen LogP contribution in [0.4, 0.5) is 4.79 Å². The normalized spacial score (nSPS) is 20.9. The van der Waals surface area contributed by atoms with Crippen molar-refractivity contribution in [2.24, 2.45) is 0 Å². The van der Waals surface area contributed by atoms with Crippen LogP contribution in [0.5, 0.6) is 0 Å². The van der Waals surface area contributed by atoms with Gasteiger partial charge in [-0.2, -0.15) is 0 Å². The van der Waals surface area contributed by atoms with Gasteiger partial charge in [0.2, 0.25) is 0 Å². The average Bonchev–Trinajstić information content (AvgIpc) is 3.04. The zero-order chi connectivity index (χ0) is 18.7. The zero-order valence-corrected chi connectivity index (χ0v) is 14.8. The van der Waals surface area contributed by atoms with Gasteiger partial charge in [0.15, 0.2) is 5.60 Å². The van der Waals surface area contributed by atoms with Crippen molar-refractivity contribution in [2.45, 2.75) is 18.6 Å². The highest BCUT2D eigenvalue weighted by Crippen LogP contribution is 2.42. The molecule has 0 bridgehead atoms. The van der Waals surface area contributed by atoms with Crippen LogP contribution in [-0.4, -0.2) is 11.1 Å². The first kappa shape index (κ1) is 16.9. The molecule has 1 aliphatic heterocycles. The number of benzene rings is 2. The molecule has 3 aromatic rings.